The fourth-order valence-electron chi connectivity index (χ4n) is 2.22. The molecule has 2 rings (SSSR count). The van der Waals surface area contributed by atoms with Crippen molar-refractivity contribution in [2.45, 2.75) is 33.4 Å². The molecular weight excluding hydrogens is 288 g/mol. The van der Waals surface area contributed by atoms with Gasteiger partial charge in [-0.3, -0.25) is 9.59 Å². The van der Waals surface area contributed by atoms with Gasteiger partial charge in [-0.1, -0.05) is 42.0 Å². The molecule has 0 aliphatic carbocycles. The van der Waals surface area contributed by atoms with Gasteiger partial charge in [-0.2, -0.15) is 0 Å². The summed E-state index contributed by atoms with van der Waals surface area (Å²) in [5.74, 6) is -0.178. The van der Waals surface area contributed by atoms with E-state index in [1.165, 1.54) is 12.5 Å². The Morgan fingerprint density at radius 3 is 2.17 bits per heavy atom. The lowest BCUT2D eigenvalue weighted by Crippen LogP contribution is -2.26. The third-order valence-corrected chi connectivity index (χ3v) is 3.68. The van der Waals surface area contributed by atoms with Crippen LogP contribution in [0.4, 0.5) is 0 Å². The van der Waals surface area contributed by atoms with Crippen molar-refractivity contribution in [3.8, 4) is 0 Å². The molecule has 0 heterocycles. The Kier molecular flexibility index (Phi) is 5.52. The molecule has 0 aromatic heterocycles. The second kappa shape index (κ2) is 7.58. The smallest absolute Gasteiger partial charge is 0.251 e. The van der Waals surface area contributed by atoms with E-state index in [9.17, 15) is 9.59 Å². The summed E-state index contributed by atoms with van der Waals surface area (Å²) >= 11 is 0. The molecule has 1 atom stereocenters. The maximum Gasteiger partial charge on any atom is 0.251 e. The van der Waals surface area contributed by atoms with Gasteiger partial charge in [0, 0.05) is 19.0 Å². The molecule has 2 amide bonds. The lowest BCUT2D eigenvalue weighted by molar-refractivity contribution is -0.119. The summed E-state index contributed by atoms with van der Waals surface area (Å²) in [6.45, 7) is 5.95. The van der Waals surface area contributed by atoms with Crippen molar-refractivity contribution in [1.29, 1.82) is 0 Å². The Balaban J connectivity index is 1.97. The first-order valence-corrected chi connectivity index (χ1v) is 7.66. The minimum Gasteiger partial charge on any atom is -0.352 e. The molecule has 1 unspecified atom stereocenters. The van der Waals surface area contributed by atoms with Crippen LogP contribution in [0.1, 0.15) is 46.9 Å². The molecule has 0 aliphatic rings. The van der Waals surface area contributed by atoms with Gasteiger partial charge in [0.05, 0.1) is 6.04 Å². The van der Waals surface area contributed by atoms with Crippen LogP contribution in [-0.2, 0) is 11.3 Å². The second-order valence-electron chi connectivity index (χ2n) is 5.71. The van der Waals surface area contributed by atoms with Crippen LogP contribution in [0, 0.1) is 6.92 Å². The maximum absolute atomic E-state index is 12.3. The van der Waals surface area contributed by atoms with E-state index in [-0.39, 0.29) is 17.9 Å². The molecule has 0 saturated heterocycles. The SMILES string of the molecule is CC(=O)NCc1ccc(C(=O)NC(C)c2ccc(C)cc2)cc1. The van der Waals surface area contributed by atoms with Gasteiger partial charge in [-0.15, -0.1) is 0 Å². The topological polar surface area (TPSA) is 58.2 Å². The maximum atomic E-state index is 12.3. The molecule has 4 heteroatoms. The zero-order chi connectivity index (χ0) is 16.8. The Bertz CT molecular complexity index is 676. The average molecular weight is 310 g/mol. The van der Waals surface area contributed by atoms with Gasteiger partial charge in [0.15, 0.2) is 0 Å². The molecule has 0 radical (unpaired) electrons. The van der Waals surface area contributed by atoms with Crippen LogP contribution in [0.2, 0.25) is 0 Å². The van der Waals surface area contributed by atoms with Crippen molar-refractivity contribution in [2.75, 3.05) is 0 Å². The monoisotopic (exact) mass is 310 g/mol. The van der Waals surface area contributed by atoms with Gasteiger partial charge < -0.3 is 10.6 Å². The largest absolute Gasteiger partial charge is 0.352 e. The molecule has 23 heavy (non-hydrogen) atoms. The number of hydrogen-bond donors (Lipinski definition) is 2. The Labute approximate surface area is 136 Å². The fraction of sp³-hybridized carbons (Fsp3) is 0.263. The molecule has 0 saturated carbocycles. The van der Waals surface area contributed by atoms with Crippen molar-refractivity contribution in [1.82, 2.24) is 10.6 Å². The molecule has 2 aromatic rings. The molecule has 4 nitrogen and oxygen atoms in total. The van der Waals surface area contributed by atoms with Crippen LogP contribution < -0.4 is 10.6 Å². The first kappa shape index (κ1) is 16.7. The predicted molar refractivity (Wildman–Crippen MR) is 91.0 cm³/mol. The predicted octanol–water partition coefficient (Wildman–Crippen LogP) is 3.12. The summed E-state index contributed by atoms with van der Waals surface area (Å²) in [5.41, 5.74) is 3.84. The van der Waals surface area contributed by atoms with Crippen molar-refractivity contribution in [2.24, 2.45) is 0 Å². The Morgan fingerprint density at radius 1 is 1.00 bits per heavy atom. The third-order valence-electron chi connectivity index (χ3n) is 3.68. The standard InChI is InChI=1S/C19H22N2O2/c1-13-4-8-17(9-5-13)14(2)21-19(23)18-10-6-16(7-11-18)12-20-15(3)22/h4-11,14H,12H2,1-3H3,(H,20,22)(H,21,23). The van der Waals surface area contributed by atoms with Crippen LogP contribution in [0.5, 0.6) is 0 Å². The average Bonchev–Trinajstić information content (AvgIpc) is 2.54. The zero-order valence-corrected chi connectivity index (χ0v) is 13.7. The normalized spacial score (nSPS) is 11.6. The van der Waals surface area contributed by atoms with Gasteiger partial charge in [-0.25, -0.2) is 0 Å². The van der Waals surface area contributed by atoms with Crippen molar-refractivity contribution in [3.63, 3.8) is 0 Å². The van der Waals surface area contributed by atoms with Crippen molar-refractivity contribution >= 4 is 11.8 Å². The number of hydrogen-bond acceptors (Lipinski definition) is 2. The molecule has 120 valence electrons. The summed E-state index contributed by atoms with van der Waals surface area (Å²) < 4.78 is 0. The van der Waals surface area contributed by atoms with E-state index in [0.29, 0.717) is 12.1 Å². The lowest BCUT2D eigenvalue weighted by Gasteiger charge is -2.15. The quantitative estimate of drug-likeness (QED) is 0.891. The number of carbonyl (C=O) groups excluding carboxylic acids is 2. The van der Waals surface area contributed by atoms with Crippen LogP contribution in [0.25, 0.3) is 0 Å². The molecule has 2 N–H and O–H groups in total. The zero-order valence-electron chi connectivity index (χ0n) is 13.7. The summed E-state index contributed by atoms with van der Waals surface area (Å²) in [7, 11) is 0. The van der Waals surface area contributed by atoms with Gasteiger partial charge in [0.2, 0.25) is 5.91 Å². The Hall–Kier alpha value is -2.62. The third kappa shape index (κ3) is 4.95. The summed E-state index contributed by atoms with van der Waals surface area (Å²) in [6, 6.07) is 15.3. The van der Waals surface area contributed by atoms with Crippen molar-refractivity contribution in [3.05, 3.63) is 70.8 Å². The minimum absolute atomic E-state index is 0.0536. The molecule has 0 bridgehead atoms. The highest BCUT2D eigenvalue weighted by atomic mass is 16.2. The van der Waals surface area contributed by atoms with E-state index in [2.05, 4.69) is 10.6 Å². The van der Waals surface area contributed by atoms with Crippen LogP contribution in [0.15, 0.2) is 48.5 Å². The first-order valence-electron chi connectivity index (χ1n) is 7.66. The fourth-order valence-corrected chi connectivity index (χ4v) is 2.22. The van der Waals surface area contributed by atoms with E-state index in [0.717, 1.165) is 11.1 Å². The number of aryl methyl sites for hydroxylation is 1. The van der Waals surface area contributed by atoms with E-state index in [1.54, 1.807) is 12.1 Å². The van der Waals surface area contributed by atoms with Crippen LogP contribution in [0.3, 0.4) is 0 Å². The second-order valence-corrected chi connectivity index (χ2v) is 5.71. The molecule has 0 aliphatic heterocycles. The van der Waals surface area contributed by atoms with E-state index < -0.39 is 0 Å². The van der Waals surface area contributed by atoms with Crippen LogP contribution >= 0.6 is 0 Å². The molecular formula is C19H22N2O2. The van der Waals surface area contributed by atoms with E-state index in [1.807, 2.05) is 50.2 Å². The van der Waals surface area contributed by atoms with Gasteiger partial charge in [-0.05, 0) is 37.1 Å². The Morgan fingerprint density at radius 2 is 1.61 bits per heavy atom. The lowest BCUT2D eigenvalue weighted by atomic mass is 10.1. The van der Waals surface area contributed by atoms with Crippen LogP contribution in [-0.4, -0.2) is 11.8 Å². The van der Waals surface area contributed by atoms with Gasteiger partial charge >= 0.3 is 0 Å². The van der Waals surface area contributed by atoms with Gasteiger partial charge in [0.25, 0.3) is 5.91 Å². The van der Waals surface area contributed by atoms with Gasteiger partial charge in [0.1, 0.15) is 0 Å². The number of amides is 2. The summed E-state index contributed by atoms with van der Waals surface area (Å²) in [4.78, 5) is 23.2. The molecule has 2 aromatic carbocycles. The first-order chi connectivity index (χ1) is 11.0. The molecule has 0 fully saturated rings. The highest BCUT2D eigenvalue weighted by Gasteiger charge is 2.11. The number of carbonyl (C=O) groups is 2. The van der Waals surface area contributed by atoms with Crippen molar-refractivity contribution < 1.29 is 9.59 Å². The summed E-state index contributed by atoms with van der Waals surface area (Å²) in [5, 5.41) is 5.72. The number of benzene rings is 2. The molecule has 0 spiro atoms. The summed E-state index contributed by atoms with van der Waals surface area (Å²) in [6.07, 6.45) is 0. The highest BCUT2D eigenvalue weighted by molar-refractivity contribution is 5.94. The van der Waals surface area contributed by atoms with E-state index >= 15 is 0 Å². The minimum atomic E-state index is -0.107. The number of nitrogens with one attached hydrogen (secondary N) is 2. The van der Waals surface area contributed by atoms with E-state index in [4.69, 9.17) is 0 Å². The highest BCUT2D eigenvalue weighted by Crippen LogP contribution is 2.14. The number of rotatable bonds is 5.